The third-order valence-corrected chi connectivity index (χ3v) is 8.84. The molecule has 0 aromatic heterocycles. The number of hydrogen-bond acceptors (Lipinski definition) is 5. The molecule has 45 heavy (non-hydrogen) atoms. The topological polar surface area (TPSA) is 88.1 Å². The Morgan fingerprint density at radius 1 is 0.844 bits per heavy atom. The molecule has 3 aromatic carbocycles. The molecule has 2 heterocycles. The van der Waals surface area contributed by atoms with Crippen LogP contribution in [0.4, 0.5) is 0 Å². The first kappa shape index (κ1) is 32.9. The molecular formula is C38H48N2O5. The van der Waals surface area contributed by atoms with Gasteiger partial charge in [-0.05, 0) is 95.0 Å². The van der Waals surface area contributed by atoms with E-state index in [2.05, 4.69) is 17.4 Å². The molecule has 1 unspecified atom stereocenters. The Kier molecular flexibility index (Phi) is 10.1. The quantitative estimate of drug-likeness (QED) is 0.290. The molecule has 2 fully saturated rings. The lowest BCUT2D eigenvalue weighted by Crippen LogP contribution is -2.51. The lowest BCUT2D eigenvalue weighted by Gasteiger charge is -2.36. The number of amides is 2. The van der Waals surface area contributed by atoms with Gasteiger partial charge in [-0.2, -0.15) is 0 Å². The molecule has 0 bridgehead atoms. The van der Waals surface area contributed by atoms with E-state index < -0.39 is 11.6 Å². The van der Waals surface area contributed by atoms with E-state index in [1.807, 2.05) is 96.1 Å². The molecule has 2 aliphatic rings. The fourth-order valence-corrected chi connectivity index (χ4v) is 6.87. The molecule has 0 saturated carbocycles. The van der Waals surface area contributed by atoms with Crippen molar-refractivity contribution in [3.63, 3.8) is 0 Å². The fourth-order valence-electron chi connectivity index (χ4n) is 6.87. The van der Waals surface area contributed by atoms with Crippen LogP contribution in [0.25, 0.3) is 11.1 Å². The third-order valence-electron chi connectivity index (χ3n) is 8.84. The molecule has 7 heteroatoms. The summed E-state index contributed by atoms with van der Waals surface area (Å²) in [6.07, 6.45) is 2.66. The minimum atomic E-state index is -0.870. The number of benzene rings is 3. The summed E-state index contributed by atoms with van der Waals surface area (Å²) in [5.74, 6) is -0.416. The minimum Gasteiger partial charge on any atom is -0.394 e. The van der Waals surface area contributed by atoms with Crippen molar-refractivity contribution in [1.29, 1.82) is 0 Å². The number of hydrogen-bond donors (Lipinski definition) is 2. The summed E-state index contributed by atoms with van der Waals surface area (Å²) in [4.78, 5) is 30.7. The van der Waals surface area contributed by atoms with Gasteiger partial charge < -0.3 is 24.8 Å². The molecule has 2 amide bonds. The van der Waals surface area contributed by atoms with Crippen LogP contribution in [-0.4, -0.2) is 64.9 Å². The zero-order valence-electron chi connectivity index (χ0n) is 27.5. The number of carbonyl (C=O) groups is 2. The Labute approximate surface area is 267 Å². The van der Waals surface area contributed by atoms with Gasteiger partial charge in [0.15, 0.2) is 0 Å². The second kappa shape index (κ2) is 13.9. The largest absolute Gasteiger partial charge is 0.394 e. The highest BCUT2D eigenvalue weighted by Crippen LogP contribution is 2.34. The highest BCUT2D eigenvalue weighted by atomic mass is 16.6. The number of ether oxygens (including phenoxy) is 2. The highest BCUT2D eigenvalue weighted by Gasteiger charge is 2.41. The molecule has 3 aromatic rings. The maximum absolute atomic E-state index is 14.7. The van der Waals surface area contributed by atoms with E-state index in [1.54, 1.807) is 4.90 Å². The summed E-state index contributed by atoms with van der Waals surface area (Å²) < 4.78 is 12.6. The molecule has 240 valence electrons. The Morgan fingerprint density at radius 2 is 1.40 bits per heavy atom. The van der Waals surface area contributed by atoms with Gasteiger partial charge in [0, 0.05) is 17.6 Å². The van der Waals surface area contributed by atoms with Gasteiger partial charge in [-0.25, -0.2) is 0 Å². The summed E-state index contributed by atoms with van der Waals surface area (Å²) in [5, 5.41) is 12.7. The van der Waals surface area contributed by atoms with Gasteiger partial charge >= 0.3 is 0 Å². The van der Waals surface area contributed by atoms with Gasteiger partial charge in [-0.1, -0.05) is 72.3 Å². The van der Waals surface area contributed by atoms with Crippen molar-refractivity contribution >= 4 is 11.8 Å². The van der Waals surface area contributed by atoms with E-state index in [1.165, 1.54) is 0 Å². The van der Waals surface area contributed by atoms with Crippen molar-refractivity contribution < 1.29 is 24.2 Å². The van der Waals surface area contributed by atoms with Crippen LogP contribution in [0.1, 0.15) is 85.1 Å². The lowest BCUT2D eigenvalue weighted by molar-refractivity contribution is -0.128. The van der Waals surface area contributed by atoms with Crippen LogP contribution in [0.3, 0.4) is 0 Å². The van der Waals surface area contributed by atoms with Gasteiger partial charge in [-0.15, -0.1) is 0 Å². The maximum atomic E-state index is 14.7. The first-order chi connectivity index (χ1) is 21.4. The van der Waals surface area contributed by atoms with Crippen LogP contribution in [0.15, 0.2) is 66.7 Å². The first-order valence-electron chi connectivity index (χ1n) is 16.2. The van der Waals surface area contributed by atoms with Crippen LogP contribution in [0, 0.1) is 20.8 Å². The molecular weight excluding hydrogens is 564 g/mol. The molecule has 0 aliphatic carbocycles. The Balaban J connectivity index is 1.52. The predicted molar refractivity (Wildman–Crippen MR) is 177 cm³/mol. The standard InChI is InChI=1S/C38H48N2O5/c1-24-20-25(2)34(26(3)21-24)37(43)40(22-30-16-18-32(44-30)33-19-17-31(23-41)45-33)35(36(42)39-38(4,5)6)29-14-12-28(13-15-29)27-10-8-7-9-11-27/h7-15,20-21,30-33,35,41H,16-19,22-23H2,1-6H3,(H,39,42)/t30-,31-,32+,33+,35?/m1/s1. The van der Waals surface area contributed by atoms with Crippen LogP contribution < -0.4 is 5.32 Å². The summed E-state index contributed by atoms with van der Waals surface area (Å²) in [7, 11) is 0. The average Bonchev–Trinajstić information content (AvgIpc) is 3.66. The van der Waals surface area contributed by atoms with Gasteiger partial charge in [0.1, 0.15) is 6.04 Å². The van der Waals surface area contributed by atoms with Crippen LogP contribution in [0.2, 0.25) is 0 Å². The molecule has 5 rings (SSSR count). The Bertz CT molecular complexity index is 1460. The number of nitrogens with zero attached hydrogens (tertiary/aromatic N) is 1. The third kappa shape index (κ3) is 7.83. The van der Waals surface area contributed by atoms with Crippen molar-refractivity contribution in [3.05, 3.63) is 94.5 Å². The number of nitrogens with one attached hydrogen (secondary N) is 1. The number of rotatable bonds is 9. The normalized spacial score (nSPS) is 22.3. The Hall–Kier alpha value is -3.52. The van der Waals surface area contributed by atoms with Gasteiger partial charge in [-0.3, -0.25) is 9.59 Å². The Morgan fingerprint density at radius 3 is 1.96 bits per heavy atom. The molecule has 5 atom stereocenters. The second-order valence-electron chi connectivity index (χ2n) is 13.8. The van der Waals surface area contributed by atoms with Crippen LogP contribution >= 0.6 is 0 Å². The summed E-state index contributed by atoms with van der Waals surface area (Å²) in [6, 6.07) is 21.2. The molecule has 7 nitrogen and oxygen atoms in total. The van der Waals surface area contributed by atoms with Crippen LogP contribution in [-0.2, 0) is 14.3 Å². The predicted octanol–water partition coefficient (Wildman–Crippen LogP) is 6.46. The molecule has 0 radical (unpaired) electrons. The smallest absolute Gasteiger partial charge is 0.255 e. The zero-order chi connectivity index (χ0) is 32.3. The molecule has 2 saturated heterocycles. The maximum Gasteiger partial charge on any atom is 0.255 e. The summed E-state index contributed by atoms with van der Waals surface area (Å²) in [5.41, 5.74) is 5.85. The average molecular weight is 613 g/mol. The number of aryl methyl sites for hydroxylation is 3. The number of carbonyl (C=O) groups excluding carboxylic acids is 2. The monoisotopic (exact) mass is 612 g/mol. The fraction of sp³-hybridized carbons (Fsp3) is 0.474. The molecule has 2 N–H and O–H groups in total. The van der Waals surface area contributed by atoms with E-state index >= 15 is 0 Å². The SMILES string of the molecule is Cc1cc(C)c(C(=O)N(C[C@H]2CC[C@@H]([C@@H]3CC[C@H](CO)O3)O2)C(C(=O)NC(C)(C)C)c2ccc(-c3ccccc3)cc2)c(C)c1. The van der Waals surface area contributed by atoms with Gasteiger partial charge in [0.25, 0.3) is 5.91 Å². The summed E-state index contributed by atoms with van der Waals surface area (Å²) in [6.45, 7) is 12.1. The molecule has 0 spiro atoms. The summed E-state index contributed by atoms with van der Waals surface area (Å²) >= 11 is 0. The minimum absolute atomic E-state index is 0.0117. The number of aliphatic hydroxyl groups excluding tert-OH is 1. The highest BCUT2D eigenvalue weighted by molar-refractivity contribution is 6.00. The van der Waals surface area contributed by atoms with Crippen molar-refractivity contribution in [2.75, 3.05) is 13.2 Å². The van der Waals surface area contributed by atoms with Gasteiger partial charge in [0.2, 0.25) is 5.91 Å². The van der Waals surface area contributed by atoms with Crippen LogP contribution in [0.5, 0.6) is 0 Å². The van der Waals surface area contributed by atoms with Crippen molar-refractivity contribution in [2.45, 2.75) is 103 Å². The first-order valence-corrected chi connectivity index (χ1v) is 16.2. The zero-order valence-corrected chi connectivity index (χ0v) is 27.5. The van der Waals surface area contributed by atoms with Gasteiger partial charge in [0.05, 0.1) is 31.0 Å². The lowest BCUT2D eigenvalue weighted by atomic mass is 9.95. The number of aliphatic hydroxyl groups is 1. The van der Waals surface area contributed by atoms with E-state index in [4.69, 9.17) is 9.47 Å². The van der Waals surface area contributed by atoms with E-state index in [0.29, 0.717) is 5.56 Å². The van der Waals surface area contributed by atoms with Crippen molar-refractivity contribution in [2.24, 2.45) is 0 Å². The van der Waals surface area contributed by atoms with Crippen molar-refractivity contribution in [1.82, 2.24) is 10.2 Å². The van der Waals surface area contributed by atoms with Crippen molar-refractivity contribution in [3.8, 4) is 11.1 Å². The van der Waals surface area contributed by atoms with E-state index in [0.717, 1.165) is 59.1 Å². The second-order valence-corrected chi connectivity index (χ2v) is 13.8. The van der Waals surface area contributed by atoms with E-state index in [-0.39, 0.29) is 49.4 Å². The molecule has 2 aliphatic heterocycles. The van der Waals surface area contributed by atoms with E-state index in [9.17, 15) is 14.7 Å².